The molecule has 8 aromatic rings. The highest BCUT2D eigenvalue weighted by atomic mass is 32.1. The van der Waals surface area contributed by atoms with Crippen LogP contribution in [0.3, 0.4) is 0 Å². The predicted octanol–water partition coefficient (Wildman–Crippen LogP) is 16.9. The molecular weight excluding hydrogens is 921 g/mol. The van der Waals surface area contributed by atoms with Crippen molar-refractivity contribution in [3.8, 4) is 53.9 Å². The largest absolute Gasteiger partial charge is 0.491 e. The van der Waals surface area contributed by atoms with E-state index in [0.717, 1.165) is 47.4 Å². The van der Waals surface area contributed by atoms with Crippen LogP contribution >= 0.6 is 34.4 Å². The van der Waals surface area contributed by atoms with Crippen LogP contribution < -0.4 is 9.47 Å². The highest BCUT2D eigenvalue weighted by molar-refractivity contribution is 7.19. The smallest absolute Gasteiger partial charge is 0.119 e. The van der Waals surface area contributed by atoms with Crippen LogP contribution in [0.25, 0.3) is 53.5 Å². The average molecular weight is 989 g/mol. The third-order valence-electron chi connectivity index (χ3n) is 13.9. The number of nitrogens with zero attached hydrogens (tertiary/aromatic N) is 2. The number of unbranched alkanes of at least 4 members (excludes halogenated alkanes) is 6. The van der Waals surface area contributed by atoms with Crippen molar-refractivity contribution in [2.75, 3.05) is 39.6 Å². The Balaban J connectivity index is 1.16. The van der Waals surface area contributed by atoms with Crippen molar-refractivity contribution in [2.24, 2.45) is 0 Å². The van der Waals surface area contributed by atoms with Gasteiger partial charge < -0.3 is 18.9 Å². The number of thiophene rings is 2. The van der Waals surface area contributed by atoms with E-state index < -0.39 is 5.41 Å². The van der Waals surface area contributed by atoms with Crippen molar-refractivity contribution in [1.29, 1.82) is 0 Å². The number of aromatic nitrogens is 2. The van der Waals surface area contributed by atoms with E-state index in [9.17, 15) is 0 Å². The fourth-order valence-corrected chi connectivity index (χ4v) is 13.2. The van der Waals surface area contributed by atoms with Gasteiger partial charge in [0.2, 0.25) is 0 Å². The Bertz CT molecular complexity index is 2930. The summed E-state index contributed by atoms with van der Waals surface area (Å²) in [6.07, 6.45) is 12.1. The summed E-state index contributed by atoms with van der Waals surface area (Å²) in [5.41, 5.74) is 16.5. The molecular formula is C61H68N2O4S3. The van der Waals surface area contributed by atoms with Crippen molar-refractivity contribution >= 4 is 45.4 Å². The number of ether oxygens (including phenoxy) is 4. The van der Waals surface area contributed by atoms with Gasteiger partial charge in [-0.05, 0) is 146 Å². The molecule has 0 atom stereocenters. The average Bonchev–Trinajstić information content (AvgIpc) is 4.19. The molecule has 9 heteroatoms. The Kier molecular flexibility index (Phi) is 16.6. The molecule has 0 fully saturated rings. The summed E-state index contributed by atoms with van der Waals surface area (Å²) in [5.74, 6) is 1.66. The van der Waals surface area contributed by atoms with Crippen LogP contribution in [-0.4, -0.2) is 48.4 Å². The minimum absolute atomic E-state index is 0.504. The van der Waals surface area contributed by atoms with E-state index in [1.807, 2.05) is 36.5 Å². The lowest BCUT2D eigenvalue weighted by Crippen LogP contribution is -2.28. The fourth-order valence-electron chi connectivity index (χ4n) is 10.3. The van der Waals surface area contributed by atoms with Crippen molar-refractivity contribution in [2.45, 2.75) is 111 Å². The summed E-state index contributed by atoms with van der Waals surface area (Å²) >= 11 is 5.13. The van der Waals surface area contributed by atoms with Gasteiger partial charge in [0.15, 0.2) is 0 Å². The number of aryl methyl sites for hydroxylation is 4. The molecule has 0 saturated carbocycles. The summed E-state index contributed by atoms with van der Waals surface area (Å²) in [6, 6.07) is 41.3. The van der Waals surface area contributed by atoms with E-state index >= 15 is 0 Å². The molecule has 1 aliphatic rings. The van der Waals surface area contributed by atoms with E-state index in [-0.39, 0.29) is 0 Å². The summed E-state index contributed by atoms with van der Waals surface area (Å²) < 4.78 is 33.6. The number of rotatable bonds is 25. The van der Waals surface area contributed by atoms with Crippen LogP contribution in [0.1, 0.15) is 123 Å². The Morgan fingerprint density at radius 1 is 0.486 bits per heavy atom. The van der Waals surface area contributed by atoms with Gasteiger partial charge in [0.1, 0.15) is 35.7 Å². The molecule has 0 spiro atoms. The number of fused-ring (bicyclic) bond motifs is 4. The molecule has 0 radical (unpaired) electrons. The van der Waals surface area contributed by atoms with Gasteiger partial charge in [0.05, 0.1) is 30.4 Å². The molecule has 0 aliphatic heterocycles. The van der Waals surface area contributed by atoms with Crippen LogP contribution in [0.2, 0.25) is 0 Å². The molecule has 1 aliphatic carbocycles. The fraction of sp³-hybridized carbons (Fsp3) is 0.377. The second-order valence-electron chi connectivity index (χ2n) is 18.6. The normalized spacial score (nSPS) is 12.7. The molecule has 0 amide bonds. The van der Waals surface area contributed by atoms with E-state index in [4.69, 9.17) is 27.7 Å². The van der Waals surface area contributed by atoms with Crippen LogP contribution in [0, 0.1) is 13.8 Å². The van der Waals surface area contributed by atoms with Crippen molar-refractivity contribution in [3.05, 3.63) is 153 Å². The third-order valence-corrected chi connectivity index (χ3v) is 16.8. The molecule has 9 rings (SSSR count). The standard InChI is InChI=1S/C61H68N2O4S3/c1-7-11-13-15-17-43-39-56(68-42(43)6)52-31-32-53(59-58(52)62-70-63-59)57-40-44(18-16-14-12-8-2)60(69-57)45-20-30-51-50-29-19-41(5)37-54(50)61(55(51)38-45,46-21-25-48(26-22-46)66-35-33-64-9-3)47-23-27-49(28-24-47)67-36-34-65-10-4/h19-32,37-40H,7-18,33-36H2,1-6H3. The lowest BCUT2D eigenvalue weighted by Gasteiger charge is -2.34. The van der Waals surface area contributed by atoms with Crippen molar-refractivity contribution in [3.63, 3.8) is 0 Å². The lowest BCUT2D eigenvalue weighted by atomic mass is 9.67. The van der Waals surface area contributed by atoms with Crippen molar-refractivity contribution < 1.29 is 18.9 Å². The Morgan fingerprint density at radius 2 is 1.00 bits per heavy atom. The van der Waals surface area contributed by atoms with Crippen LogP contribution in [0.5, 0.6) is 11.5 Å². The summed E-state index contributed by atoms with van der Waals surface area (Å²) in [6.45, 7) is 16.5. The molecule has 0 N–H and O–H groups in total. The zero-order chi connectivity index (χ0) is 48.5. The first-order valence-corrected chi connectivity index (χ1v) is 28.1. The van der Waals surface area contributed by atoms with Crippen LogP contribution in [-0.2, 0) is 27.7 Å². The van der Waals surface area contributed by atoms with Gasteiger partial charge in [-0.15, -0.1) is 22.7 Å². The molecule has 70 heavy (non-hydrogen) atoms. The maximum atomic E-state index is 6.19. The second kappa shape index (κ2) is 23.4. The molecule has 0 unspecified atom stereocenters. The Morgan fingerprint density at radius 3 is 1.57 bits per heavy atom. The summed E-state index contributed by atoms with van der Waals surface area (Å²) in [7, 11) is 0. The highest BCUT2D eigenvalue weighted by Gasteiger charge is 2.46. The number of hydrogen-bond acceptors (Lipinski definition) is 9. The van der Waals surface area contributed by atoms with Crippen LogP contribution in [0.15, 0.2) is 109 Å². The molecule has 0 bridgehead atoms. The topological polar surface area (TPSA) is 62.7 Å². The Labute approximate surface area is 428 Å². The maximum Gasteiger partial charge on any atom is 0.119 e. The van der Waals surface area contributed by atoms with Gasteiger partial charge in [-0.25, -0.2) is 0 Å². The van der Waals surface area contributed by atoms with Gasteiger partial charge in [0.25, 0.3) is 0 Å². The van der Waals surface area contributed by atoms with Gasteiger partial charge in [-0.3, -0.25) is 0 Å². The first-order chi connectivity index (χ1) is 34.4. The SMILES string of the molecule is CCCCCCc1cc(-c2ccc(-c3cc(CCCCCC)c(-c4ccc5c(c4)C(c4ccc(OCCOCC)cc4)(c4ccc(OCCOCC)cc4)c4cc(C)ccc4-5)s3)c3nsnc23)sc1C. The highest BCUT2D eigenvalue weighted by Crippen LogP contribution is 2.58. The molecule has 3 heterocycles. The van der Waals surface area contributed by atoms with Crippen molar-refractivity contribution in [1.82, 2.24) is 8.75 Å². The number of benzene rings is 5. The van der Waals surface area contributed by atoms with E-state index in [1.165, 1.54) is 137 Å². The minimum atomic E-state index is -0.619. The maximum absolute atomic E-state index is 6.19. The predicted molar refractivity (Wildman–Crippen MR) is 296 cm³/mol. The molecule has 3 aromatic heterocycles. The number of hydrogen-bond donors (Lipinski definition) is 0. The first kappa shape index (κ1) is 49.8. The lowest BCUT2D eigenvalue weighted by molar-refractivity contribution is 0.110. The summed E-state index contributed by atoms with van der Waals surface area (Å²) in [4.78, 5) is 5.28. The van der Waals surface area contributed by atoms with Crippen LogP contribution in [0.4, 0.5) is 0 Å². The van der Waals surface area contributed by atoms with Gasteiger partial charge in [-0.1, -0.05) is 125 Å². The minimum Gasteiger partial charge on any atom is -0.491 e. The molecule has 0 saturated heterocycles. The molecule has 6 nitrogen and oxygen atoms in total. The van der Waals surface area contributed by atoms with E-state index in [0.29, 0.717) is 39.6 Å². The Hall–Kier alpha value is -5.16. The monoisotopic (exact) mass is 988 g/mol. The van der Waals surface area contributed by atoms with E-state index in [2.05, 4.69) is 137 Å². The summed E-state index contributed by atoms with van der Waals surface area (Å²) in [5, 5.41) is 0. The zero-order valence-corrected chi connectivity index (χ0v) is 44.4. The molecule has 364 valence electrons. The van der Waals surface area contributed by atoms with Gasteiger partial charge >= 0.3 is 0 Å². The third kappa shape index (κ3) is 10.4. The first-order valence-electron chi connectivity index (χ1n) is 25.7. The van der Waals surface area contributed by atoms with Gasteiger partial charge in [0, 0.05) is 43.8 Å². The molecule has 5 aromatic carbocycles. The quantitative estimate of drug-likeness (QED) is 0.0532. The van der Waals surface area contributed by atoms with E-state index in [1.54, 1.807) is 0 Å². The second-order valence-corrected chi connectivity index (χ2v) is 21.4. The zero-order valence-electron chi connectivity index (χ0n) is 42.0. The van der Waals surface area contributed by atoms with Gasteiger partial charge in [-0.2, -0.15) is 8.75 Å².